The summed E-state index contributed by atoms with van der Waals surface area (Å²) in [5, 5.41) is 19.1. The number of esters is 1. The van der Waals surface area contributed by atoms with Gasteiger partial charge in [0.15, 0.2) is 6.73 Å². The molecule has 0 aliphatic heterocycles. The van der Waals surface area contributed by atoms with Crippen LogP contribution in [0.2, 0.25) is 0 Å². The third kappa shape index (κ3) is 7.49. The van der Waals surface area contributed by atoms with Gasteiger partial charge in [-0.25, -0.2) is 14.3 Å². The largest absolute Gasteiger partial charge is 0.480 e. The highest BCUT2D eigenvalue weighted by Gasteiger charge is 2.26. The summed E-state index contributed by atoms with van der Waals surface area (Å²) < 4.78 is 11.4. The molecule has 0 aromatic carbocycles. The molecule has 0 saturated carbocycles. The van der Waals surface area contributed by atoms with Crippen molar-refractivity contribution >= 4 is 18.0 Å². The monoisotopic (exact) mass is 370 g/mol. The third-order valence-corrected chi connectivity index (χ3v) is 2.93. The van der Waals surface area contributed by atoms with Crippen molar-refractivity contribution in [2.75, 3.05) is 0 Å². The van der Waals surface area contributed by atoms with Gasteiger partial charge < -0.3 is 19.9 Å². The Bertz CT molecular complexity index is 656. The van der Waals surface area contributed by atoms with Gasteiger partial charge in [0.25, 0.3) is 0 Å². The van der Waals surface area contributed by atoms with Gasteiger partial charge >= 0.3 is 18.0 Å². The maximum Gasteiger partial charge on any atom is 0.408 e. The molecule has 0 radical (unpaired) electrons. The van der Waals surface area contributed by atoms with Crippen LogP contribution >= 0.6 is 0 Å². The SMILES string of the molecule is CC(C)(C)OC(=O)N[C@@H](Cc1cn(COC(=O)C(C)(C)C)nn1)C(=O)O. The molecular formula is C16H26N4O6. The maximum absolute atomic E-state index is 11.7. The van der Waals surface area contributed by atoms with Gasteiger partial charge in [-0.15, -0.1) is 5.10 Å². The number of aliphatic carboxylic acids is 1. The Morgan fingerprint density at radius 2 is 1.85 bits per heavy atom. The molecule has 2 N–H and O–H groups in total. The van der Waals surface area contributed by atoms with Gasteiger partial charge in [-0.2, -0.15) is 0 Å². The predicted molar refractivity (Wildman–Crippen MR) is 90.1 cm³/mol. The van der Waals surface area contributed by atoms with Crippen molar-refractivity contribution in [3.8, 4) is 0 Å². The number of aromatic nitrogens is 3. The fourth-order valence-corrected chi connectivity index (χ4v) is 1.70. The van der Waals surface area contributed by atoms with Gasteiger partial charge in [-0.1, -0.05) is 5.21 Å². The molecule has 0 fully saturated rings. The molecule has 0 unspecified atom stereocenters. The minimum absolute atomic E-state index is 0.0954. The van der Waals surface area contributed by atoms with Crippen LogP contribution in [-0.4, -0.2) is 49.8 Å². The van der Waals surface area contributed by atoms with Crippen LogP contribution in [0.3, 0.4) is 0 Å². The molecule has 1 amide bonds. The summed E-state index contributed by atoms with van der Waals surface area (Å²) >= 11 is 0. The topological polar surface area (TPSA) is 133 Å². The van der Waals surface area contributed by atoms with Gasteiger partial charge in [0, 0.05) is 6.42 Å². The first-order chi connectivity index (χ1) is 11.8. The normalized spacial score (nSPS) is 13.0. The highest BCUT2D eigenvalue weighted by molar-refractivity contribution is 5.80. The van der Waals surface area contributed by atoms with Gasteiger partial charge in [0.05, 0.1) is 17.3 Å². The third-order valence-electron chi connectivity index (χ3n) is 2.93. The van der Waals surface area contributed by atoms with E-state index in [1.54, 1.807) is 41.5 Å². The minimum Gasteiger partial charge on any atom is -0.480 e. The fraction of sp³-hybridized carbons (Fsp3) is 0.688. The number of nitrogens with zero attached hydrogens (tertiary/aromatic N) is 3. The molecule has 0 spiro atoms. The van der Waals surface area contributed by atoms with Crippen molar-refractivity contribution in [3.05, 3.63) is 11.9 Å². The Labute approximate surface area is 151 Å². The number of carboxylic acid groups (broad SMARTS) is 1. The second kappa shape index (κ2) is 8.15. The minimum atomic E-state index is -1.23. The van der Waals surface area contributed by atoms with Gasteiger partial charge in [0.1, 0.15) is 11.6 Å². The lowest BCUT2D eigenvalue weighted by atomic mass is 9.98. The highest BCUT2D eigenvalue weighted by Crippen LogP contribution is 2.15. The molecule has 26 heavy (non-hydrogen) atoms. The van der Waals surface area contributed by atoms with Crippen LogP contribution in [0.25, 0.3) is 0 Å². The Kier molecular flexibility index (Phi) is 6.71. The average molecular weight is 370 g/mol. The quantitative estimate of drug-likeness (QED) is 0.717. The zero-order valence-corrected chi connectivity index (χ0v) is 15.9. The number of carbonyl (C=O) groups is 3. The standard InChI is InChI=1S/C16H26N4O6/c1-15(2,3)13(23)25-9-20-8-10(18-19-20)7-11(12(21)22)17-14(24)26-16(4,5)6/h8,11H,7,9H2,1-6H3,(H,17,24)(H,21,22)/t11-/m0/s1. The van der Waals surface area contributed by atoms with E-state index < -0.39 is 35.1 Å². The molecule has 0 aliphatic rings. The van der Waals surface area contributed by atoms with Crippen LogP contribution < -0.4 is 5.32 Å². The lowest BCUT2D eigenvalue weighted by molar-refractivity contribution is -0.157. The number of rotatable bonds is 6. The maximum atomic E-state index is 11.7. The van der Waals surface area contributed by atoms with Gasteiger partial charge in [-0.3, -0.25) is 4.79 Å². The highest BCUT2D eigenvalue weighted by atomic mass is 16.6. The van der Waals surface area contributed by atoms with E-state index in [2.05, 4.69) is 15.6 Å². The summed E-state index contributed by atoms with van der Waals surface area (Å²) in [4.78, 5) is 34.8. The van der Waals surface area contributed by atoms with E-state index in [-0.39, 0.29) is 13.2 Å². The molecule has 0 saturated heterocycles. The van der Waals surface area contributed by atoms with E-state index in [1.165, 1.54) is 10.9 Å². The van der Waals surface area contributed by atoms with E-state index in [0.717, 1.165) is 0 Å². The molecule has 1 heterocycles. The van der Waals surface area contributed by atoms with E-state index >= 15 is 0 Å². The first-order valence-corrected chi connectivity index (χ1v) is 8.06. The Morgan fingerprint density at radius 1 is 1.23 bits per heavy atom. The van der Waals surface area contributed by atoms with Crippen molar-refractivity contribution in [1.29, 1.82) is 0 Å². The van der Waals surface area contributed by atoms with E-state index in [4.69, 9.17) is 9.47 Å². The van der Waals surface area contributed by atoms with E-state index in [0.29, 0.717) is 5.69 Å². The Hall–Kier alpha value is -2.65. The number of carbonyl (C=O) groups excluding carboxylic acids is 2. The summed E-state index contributed by atoms with van der Waals surface area (Å²) in [5.74, 6) is -1.63. The number of alkyl carbamates (subject to hydrolysis) is 1. The van der Waals surface area contributed by atoms with Crippen LogP contribution in [0.1, 0.15) is 47.2 Å². The molecule has 1 aromatic rings. The molecule has 0 aliphatic carbocycles. The number of ether oxygens (including phenoxy) is 2. The molecule has 146 valence electrons. The van der Waals surface area contributed by atoms with Gasteiger partial charge in [0.2, 0.25) is 0 Å². The number of nitrogens with one attached hydrogen (secondary N) is 1. The molecule has 0 bridgehead atoms. The van der Waals surface area contributed by atoms with Crippen molar-refractivity contribution in [1.82, 2.24) is 20.3 Å². The number of amides is 1. The summed E-state index contributed by atoms with van der Waals surface area (Å²) in [5.41, 5.74) is -1.07. The van der Waals surface area contributed by atoms with Crippen molar-refractivity contribution in [2.24, 2.45) is 5.41 Å². The summed E-state index contributed by atoms with van der Waals surface area (Å²) in [6.45, 7) is 10.1. The van der Waals surface area contributed by atoms with Crippen molar-refractivity contribution in [2.45, 2.75) is 66.3 Å². The van der Waals surface area contributed by atoms with Crippen molar-refractivity contribution in [3.63, 3.8) is 0 Å². The lowest BCUT2D eigenvalue weighted by Crippen LogP contribution is -2.44. The van der Waals surface area contributed by atoms with E-state index in [9.17, 15) is 19.5 Å². The second-order valence-electron chi connectivity index (χ2n) is 7.80. The van der Waals surface area contributed by atoms with Crippen LogP contribution in [-0.2, 0) is 32.2 Å². The molecule has 10 heteroatoms. The molecule has 1 aromatic heterocycles. The molecule has 1 atom stereocenters. The molecular weight excluding hydrogens is 344 g/mol. The second-order valence-corrected chi connectivity index (χ2v) is 7.80. The Balaban J connectivity index is 2.65. The summed E-state index contributed by atoms with van der Waals surface area (Å²) in [7, 11) is 0. The zero-order valence-electron chi connectivity index (χ0n) is 15.9. The number of hydrogen-bond donors (Lipinski definition) is 2. The number of hydrogen-bond acceptors (Lipinski definition) is 7. The zero-order chi connectivity index (χ0) is 20.1. The lowest BCUT2D eigenvalue weighted by Gasteiger charge is -2.21. The van der Waals surface area contributed by atoms with Crippen LogP contribution in [0.5, 0.6) is 0 Å². The average Bonchev–Trinajstić information content (AvgIpc) is 2.88. The fourth-order valence-electron chi connectivity index (χ4n) is 1.70. The first-order valence-electron chi connectivity index (χ1n) is 8.06. The molecule has 10 nitrogen and oxygen atoms in total. The van der Waals surface area contributed by atoms with Gasteiger partial charge in [-0.05, 0) is 41.5 Å². The Morgan fingerprint density at radius 3 is 2.35 bits per heavy atom. The van der Waals surface area contributed by atoms with Crippen LogP contribution in [0.15, 0.2) is 6.20 Å². The van der Waals surface area contributed by atoms with Crippen LogP contribution in [0.4, 0.5) is 4.79 Å². The predicted octanol–water partition coefficient (Wildman–Crippen LogP) is 1.35. The van der Waals surface area contributed by atoms with Crippen molar-refractivity contribution < 1.29 is 29.0 Å². The summed E-state index contributed by atoms with van der Waals surface area (Å²) in [6.07, 6.45) is 0.515. The summed E-state index contributed by atoms with van der Waals surface area (Å²) in [6, 6.07) is -1.23. The smallest absolute Gasteiger partial charge is 0.408 e. The first kappa shape index (κ1) is 21.4. The molecule has 1 rings (SSSR count). The number of carboxylic acids is 1. The van der Waals surface area contributed by atoms with E-state index in [1.807, 2.05) is 0 Å². The van der Waals surface area contributed by atoms with Crippen LogP contribution in [0, 0.1) is 5.41 Å².